The normalized spacial score (nSPS) is 10.2. The summed E-state index contributed by atoms with van der Waals surface area (Å²) in [5.74, 6) is -2.24. The average molecular weight is 235 g/mol. The average Bonchev–Trinajstić information content (AvgIpc) is 2.16. The molecule has 86 valence electrons. The van der Waals surface area contributed by atoms with Gasteiger partial charge in [0.15, 0.2) is 6.29 Å². The number of carbonyl (C=O) groups excluding carboxylic acids is 1. The van der Waals surface area contributed by atoms with Crippen LogP contribution >= 0.6 is 0 Å². The summed E-state index contributed by atoms with van der Waals surface area (Å²) in [5.41, 5.74) is -1.81. The standard InChI is InChI=1S/C8H4F3NO4/c9-5-1-2-6(12(14)15)7(4(5)3-13)16-8(10)11/h1-3,8H. The van der Waals surface area contributed by atoms with Crippen LogP contribution in [0.25, 0.3) is 0 Å². The van der Waals surface area contributed by atoms with Crippen molar-refractivity contribution in [3.63, 3.8) is 0 Å². The third-order valence-corrected chi connectivity index (χ3v) is 1.64. The highest BCUT2D eigenvalue weighted by Crippen LogP contribution is 2.32. The Morgan fingerprint density at radius 2 is 2.06 bits per heavy atom. The van der Waals surface area contributed by atoms with Crippen molar-refractivity contribution >= 4 is 12.0 Å². The monoisotopic (exact) mass is 235 g/mol. The summed E-state index contributed by atoms with van der Waals surface area (Å²) in [4.78, 5) is 19.8. The van der Waals surface area contributed by atoms with Gasteiger partial charge in [0, 0.05) is 6.07 Å². The summed E-state index contributed by atoms with van der Waals surface area (Å²) in [6.07, 6.45) is -0.125. The number of nitro benzene ring substituents is 1. The van der Waals surface area contributed by atoms with Gasteiger partial charge >= 0.3 is 12.3 Å². The number of ether oxygens (including phenoxy) is 1. The van der Waals surface area contributed by atoms with E-state index in [-0.39, 0.29) is 6.29 Å². The Balaban J connectivity index is 3.40. The van der Waals surface area contributed by atoms with Crippen LogP contribution in [0.15, 0.2) is 12.1 Å². The summed E-state index contributed by atoms with van der Waals surface area (Å²) in [7, 11) is 0. The lowest BCUT2D eigenvalue weighted by Gasteiger charge is -2.07. The van der Waals surface area contributed by atoms with Crippen LogP contribution in [0.3, 0.4) is 0 Å². The van der Waals surface area contributed by atoms with Crippen LogP contribution < -0.4 is 4.74 Å². The van der Waals surface area contributed by atoms with Crippen LogP contribution in [0, 0.1) is 15.9 Å². The topological polar surface area (TPSA) is 69.4 Å². The summed E-state index contributed by atoms with van der Waals surface area (Å²) in [5, 5.41) is 10.4. The number of nitrogens with zero attached hydrogens (tertiary/aromatic N) is 1. The molecule has 0 atom stereocenters. The molecule has 0 aliphatic rings. The summed E-state index contributed by atoms with van der Waals surface area (Å²) in [6, 6.07) is 1.26. The van der Waals surface area contributed by atoms with Gasteiger partial charge in [0.05, 0.1) is 10.5 Å². The zero-order chi connectivity index (χ0) is 12.3. The highest BCUT2D eigenvalue weighted by molar-refractivity contribution is 5.82. The number of nitro groups is 1. The minimum Gasteiger partial charge on any atom is -0.427 e. The fourth-order valence-corrected chi connectivity index (χ4v) is 1.03. The Kier molecular flexibility index (Phi) is 3.44. The first-order chi connectivity index (χ1) is 7.47. The molecule has 0 bridgehead atoms. The predicted molar refractivity (Wildman–Crippen MR) is 45.1 cm³/mol. The molecule has 0 unspecified atom stereocenters. The second kappa shape index (κ2) is 4.60. The molecule has 0 spiro atoms. The minimum atomic E-state index is -3.39. The fraction of sp³-hybridized carbons (Fsp3) is 0.125. The highest BCUT2D eigenvalue weighted by atomic mass is 19.3. The Morgan fingerprint density at radius 3 is 2.50 bits per heavy atom. The van der Waals surface area contributed by atoms with E-state index in [1.807, 2.05) is 0 Å². The molecule has 1 rings (SSSR count). The van der Waals surface area contributed by atoms with Gasteiger partial charge in [-0.15, -0.1) is 0 Å². The first-order valence-corrected chi connectivity index (χ1v) is 3.84. The number of hydrogen-bond acceptors (Lipinski definition) is 4. The van der Waals surface area contributed by atoms with Gasteiger partial charge in [-0.25, -0.2) is 4.39 Å². The smallest absolute Gasteiger partial charge is 0.387 e. The largest absolute Gasteiger partial charge is 0.427 e. The van der Waals surface area contributed by atoms with E-state index in [0.29, 0.717) is 12.1 Å². The molecule has 0 aromatic heterocycles. The van der Waals surface area contributed by atoms with Crippen molar-refractivity contribution in [2.75, 3.05) is 0 Å². The maximum absolute atomic E-state index is 13.0. The number of carbonyl (C=O) groups is 1. The van der Waals surface area contributed by atoms with E-state index in [0.717, 1.165) is 0 Å². The quantitative estimate of drug-likeness (QED) is 0.455. The number of aldehydes is 1. The van der Waals surface area contributed by atoms with Gasteiger partial charge in [0.2, 0.25) is 5.75 Å². The van der Waals surface area contributed by atoms with Crippen LogP contribution in [0.5, 0.6) is 5.75 Å². The lowest BCUT2D eigenvalue weighted by molar-refractivity contribution is -0.386. The maximum Gasteiger partial charge on any atom is 0.387 e. The van der Waals surface area contributed by atoms with E-state index in [1.54, 1.807) is 0 Å². The Morgan fingerprint density at radius 1 is 1.44 bits per heavy atom. The van der Waals surface area contributed by atoms with Crippen molar-refractivity contribution in [3.8, 4) is 5.75 Å². The van der Waals surface area contributed by atoms with Crippen LogP contribution in [0.2, 0.25) is 0 Å². The molecule has 0 saturated heterocycles. The number of rotatable bonds is 4. The van der Waals surface area contributed by atoms with E-state index >= 15 is 0 Å². The second-order valence-corrected chi connectivity index (χ2v) is 2.56. The summed E-state index contributed by atoms with van der Waals surface area (Å²) in [6.45, 7) is -3.39. The number of benzene rings is 1. The van der Waals surface area contributed by atoms with Gasteiger partial charge in [-0.1, -0.05) is 0 Å². The van der Waals surface area contributed by atoms with Gasteiger partial charge in [-0.05, 0) is 6.07 Å². The molecule has 0 N–H and O–H groups in total. The lowest BCUT2D eigenvalue weighted by atomic mass is 10.2. The van der Waals surface area contributed by atoms with Crippen molar-refractivity contribution < 1.29 is 27.6 Å². The van der Waals surface area contributed by atoms with Crippen LogP contribution in [-0.4, -0.2) is 17.8 Å². The van der Waals surface area contributed by atoms with Crippen molar-refractivity contribution in [1.82, 2.24) is 0 Å². The van der Waals surface area contributed by atoms with Crippen molar-refractivity contribution in [3.05, 3.63) is 33.6 Å². The van der Waals surface area contributed by atoms with Gasteiger partial charge in [-0.3, -0.25) is 14.9 Å². The molecule has 0 aliphatic heterocycles. The molecule has 1 aromatic carbocycles. The fourth-order valence-electron chi connectivity index (χ4n) is 1.03. The van der Waals surface area contributed by atoms with Gasteiger partial charge < -0.3 is 4.74 Å². The molecular formula is C8H4F3NO4. The lowest BCUT2D eigenvalue weighted by Crippen LogP contribution is -2.08. The molecule has 5 nitrogen and oxygen atoms in total. The molecule has 16 heavy (non-hydrogen) atoms. The Bertz CT molecular complexity index is 436. The first kappa shape index (κ1) is 12.0. The van der Waals surface area contributed by atoms with Gasteiger partial charge in [0.1, 0.15) is 5.82 Å². The molecule has 0 heterocycles. The number of hydrogen-bond donors (Lipinski definition) is 0. The van der Waals surface area contributed by atoms with E-state index in [9.17, 15) is 28.1 Å². The second-order valence-electron chi connectivity index (χ2n) is 2.56. The zero-order valence-electron chi connectivity index (χ0n) is 7.52. The van der Waals surface area contributed by atoms with Crippen LogP contribution in [0.4, 0.5) is 18.9 Å². The molecule has 0 amide bonds. The molecule has 1 aromatic rings. The first-order valence-electron chi connectivity index (χ1n) is 3.84. The Labute approximate surface area is 86.6 Å². The maximum atomic E-state index is 13.0. The van der Waals surface area contributed by atoms with E-state index in [1.165, 1.54) is 0 Å². The third-order valence-electron chi connectivity index (χ3n) is 1.64. The minimum absolute atomic E-state index is 0.125. The molecule has 0 fully saturated rings. The third kappa shape index (κ3) is 2.27. The van der Waals surface area contributed by atoms with Gasteiger partial charge in [-0.2, -0.15) is 8.78 Å². The van der Waals surface area contributed by atoms with E-state index in [4.69, 9.17) is 0 Å². The predicted octanol–water partition coefficient (Wildman–Crippen LogP) is 2.15. The molecule has 0 saturated carbocycles. The highest BCUT2D eigenvalue weighted by Gasteiger charge is 2.25. The van der Waals surface area contributed by atoms with Crippen LogP contribution in [-0.2, 0) is 0 Å². The zero-order valence-corrected chi connectivity index (χ0v) is 7.52. The summed E-state index contributed by atoms with van der Waals surface area (Å²) >= 11 is 0. The van der Waals surface area contributed by atoms with E-state index in [2.05, 4.69) is 4.74 Å². The number of halogens is 3. The van der Waals surface area contributed by atoms with Crippen molar-refractivity contribution in [2.45, 2.75) is 6.61 Å². The van der Waals surface area contributed by atoms with E-state index < -0.39 is 34.4 Å². The molecular weight excluding hydrogens is 231 g/mol. The molecule has 0 radical (unpaired) electrons. The Hall–Kier alpha value is -2.12. The number of alkyl halides is 2. The van der Waals surface area contributed by atoms with Crippen molar-refractivity contribution in [1.29, 1.82) is 0 Å². The van der Waals surface area contributed by atoms with Crippen molar-refractivity contribution in [2.24, 2.45) is 0 Å². The van der Waals surface area contributed by atoms with Crippen LogP contribution in [0.1, 0.15) is 10.4 Å². The summed E-state index contributed by atoms with van der Waals surface area (Å²) < 4.78 is 40.6. The van der Waals surface area contributed by atoms with Gasteiger partial charge in [0.25, 0.3) is 0 Å². The molecule has 0 aliphatic carbocycles. The SMILES string of the molecule is O=Cc1c(F)ccc([N+](=O)[O-])c1OC(F)F. The molecule has 8 heteroatoms.